The first kappa shape index (κ1) is 12.3. The Bertz CT molecular complexity index is 727. The summed E-state index contributed by atoms with van der Waals surface area (Å²) in [7, 11) is 0. The molecule has 0 atom stereocenters. The number of aromatic nitrogens is 3. The highest BCUT2D eigenvalue weighted by atomic mass is 79.9. The summed E-state index contributed by atoms with van der Waals surface area (Å²) in [5.41, 5.74) is 7.72. The first-order valence-electron chi connectivity index (χ1n) is 5.56. The van der Waals surface area contributed by atoms with Gasteiger partial charge in [-0.3, -0.25) is 0 Å². The Hall–Kier alpha value is -1.73. The van der Waals surface area contributed by atoms with Crippen LogP contribution < -0.4 is 11.1 Å². The van der Waals surface area contributed by atoms with Gasteiger partial charge in [-0.25, -0.2) is 15.0 Å². The zero-order valence-corrected chi connectivity index (χ0v) is 12.2. The molecule has 0 unspecified atom stereocenters. The fourth-order valence-electron chi connectivity index (χ4n) is 1.73. The topological polar surface area (TPSA) is 76.7 Å². The number of nitrogens with two attached hydrogens (primary N) is 1. The van der Waals surface area contributed by atoms with E-state index in [0.717, 1.165) is 26.1 Å². The van der Waals surface area contributed by atoms with Crippen LogP contribution >= 0.6 is 27.3 Å². The van der Waals surface area contributed by atoms with Crippen molar-refractivity contribution in [3.63, 3.8) is 0 Å². The maximum absolute atomic E-state index is 5.84. The number of anilines is 2. The highest BCUT2D eigenvalue weighted by Crippen LogP contribution is 2.25. The minimum Gasteiger partial charge on any atom is -0.383 e. The molecule has 0 bridgehead atoms. The van der Waals surface area contributed by atoms with Gasteiger partial charge in [-0.2, -0.15) is 0 Å². The highest BCUT2D eigenvalue weighted by molar-refractivity contribution is 9.10. The second-order valence-electron chi connectivity index (χ2n) is 3.91. The molecule has 7 heteroatoms. The molecule has 3 heterocycles. The average molecular weight is 336 g/mol. The van der Waals surface area contributed by atoms with E-state index in [-0.39, 0.29) is 0 Å². The number of rotatable bonds is 3. The Kier molecular flexibility index (Phi) is 3.31. The van der Waals surface area contributed by atoms with Gasteiger partial charge >= 0.3 is 0 Å². The summed E-state index contributed by atoms with van der Waals surface area (Å²) in [5.74, 6) is 1.34. The molecular formula is C12H10BrN5S. The van der Waals surface area contributed by atoms with Gasteiger partial charge in [0.15, 0.2) is 0 Å². The smallest absolute Gasteiger partial charge is 0.147 e. The van der Waals surface area contributed by atoms with E-state index in [2.05, 4.69) is 36.2 Å². The number of nitrogen functional groups attached to an aromatic ring is 1. The van der Waals surface area contributed by atoms with E-state index in [9.17, 15) is 0 Å². The number of nitrogens with zero attached hydrogens (tertiary/aromatic N) is 3. The Morgan fingerprint density at radius 2 is 2.21 bits per heavy atom. The molecule has 3 N–H and O–H groups in total. The summed E-state index contributed by atoms with van der Waals surface area (Å²) in [6.45, 7) is 0.572. The molecule has 19 heavy (non-hydrogen) atoms. The van der Waals surface area contributed by atoms with E-state index in [1.165, 1.54) is 0 Å². The summed E-state index contributed by atoms with van der Waals surface area (Å²) >= 11 is 5.00. The lowest BCUT2D eigenvalue weighted by molar-refractivity contribution is 1.09. The molecule has 3 aromatic rings. The Morgan fingerprint density at radius 1 is 1.32 bits per heavy atom. The van der Waals surface area contributed by atoms with Crippen LogP contribution in [0.1, 0.15) is 5.56 Å². The Morgan fingerprint density at radius 3 is 3.11 bits per heavy atom. The molecule has 96 valence electrons. The second kappa shape index (κ2) is 5.10. The van der Waals surface area contributed by atoms with Crippen LogP contribution in [0, 0.1) is 0 Å². The van der Waals surface area contributed by atoms with E-state index in [0.29, 0.717) is 12.4 Å². The SMILES string of the molecule is Nc1ncc(Br)cc1CNc1ncnc2ccsc12. The zero-order valence-electron chi connectivity index (χ0n) is 9.80. The number of pyridine rings is 1. The van der Waals surface area contributed by atoms with Gasteiger partial charge in [0.2, 0.25) is 0 Å². The van der Waals surface area contributed by atoms with Gasteiger partial charge in [-0.15, -0.1) is 11.3 Å². The van der Waals surface area contributed by atoms with Crippen molar-refractivity contribution in [3.8, 4) is 0 Å². The Labute approximate surface area is 122 Å². The normalized spacial score (nSPS) is 10.8. The van der Waals surface area contributed by atoms with Gasteiger partial charge in [0.1, 0.15) is 18.0 Å². The lowest BCUT2D eigenvalue weighted by atomic mass is 10.2. The highest BCUT2D eigenvalue weighted by Gasteiger charge is 2.06. The van der Waals surface area contributed by atoms with Crippen molar-refractivity contribution < 1.29 is 0 Å². The molecule has 0 aliphatic carbocycles. The van der Waals surface area contributed by atoms with E-state index in [1.54, 1.807) is 23.9 Å². The molecule has 3 rings (SSSR count). The molecule has 0 amide bonds. The van der Waals surface area contributed by atoms with E-state index in [1.807, 2.05) is 17.5 Å². The van der Waals surface area contributed by atoms with Gasteiger partial charge in [0.05, 0.1) is 10.2 Å². The van der Waals surface area contributed by atoms with E-state index >= 15 is 0 Å². The predicted molar refractivity (Wildman–Crippen MR) is 81.1 cm³/mol. The van der Waals surface area contributed by atoms with Crippen molar-refractivity contribution in [3.05, 3.63) is 40.1 Å². The molecular weight excluding hydrogens is 326 g/mol. The maximum atomic E-state index is 5.84. The summed E-state index contributed by atoms with van der Waals surface area (Å²) in [6.07, 6.45) is 3.24. The molecule has 5 nitrogen and oxygen atoms in total. The number of thiophene rings is 1. The standard InChI is InChI=1S/C12H10BrN5S/c13-8-3-7(11(14)15-5-8)4-16-12-10-9(1-2-19-10)17-6-18-12/h1-3,5-6H,4H2,(H2,14,15)(H,16,17,18). The van der Waals surface area contributed by atoms with Gasteiger partial charge in [-0.05, 0) is 33.4 Å². The summed E-state index contributed by atoms with van der Waals surface area (Å²) in [6, 6.07) is 3.92. The number of halogens is 1. The van der Waals surface area contributed by atoms with Crippen LogP contribution in [-0.2, 0) is 6.54 Å². The molecule has 0 aliphatic heterocycles. The van der Waals surface area contributed by atoms with Crippen LogP contribution in [0.4, 0.5) is 11.6 Å². The first-order chi connectivity index (χ1) is 9.24. The van der Waals surface area contributed by atoms with Crippen molar-refractivity contribution in [2.75, 3.05) is 11.1 Å². The largest absolute Gasteiger partial charge is 0.383 e. The van der Waals surface area contributed by atoms with Crippen molar-refractivity contribution in [1.82, 2.24) is 15.0 Å². The lowest BCUT2D eigenvalue weighted by Crippen LogP contribution is -2.05. The van der Waals surface area contributed by atoms with Crippen LogP contribution in [0.2, 0.25) is 0 Å². The fourth-order valence-corrected chi connectivity index (χ4v) is 2.92. The van der Waals surface area contributed by atoms with E-state index < -0.39 is 0 Å². The van der Waals surface area contributed by atoms with Crippen LogP contribution in [0.3, 0.4) is 0 Å². The van der Waals surface area contributed by atoms with Crippen molar-refractivity contribution in [1.29, 1.82) is 0 Å². The molecule has 0 fully saturated rings. The number of hydrogen-bond acceptors (Lipinski definition) is 6. The van der Waals surface area contributed by atoms with Crippen LogP contribution in [0.15, 0.2) is 34.5 Å². The molecule has 0 aromatic carbocycles. The quantitative estimate of drug-likeness (QED) is 0.769. The lowest BCUT2D eigenvalue weighted by Gasteiger charge is -2.08. The predicted octanol–water partition coefficient (Wildman–Crippen LogP) is 3.04. The molecule has 3 aromatic heterocycles. The number of hydrogen-bond donors (Lipinski definition) is 2. The zero-order chi connectivity index (χ0) is 13.2. The third kappa shape index (κ3) is 2.52. The molecule has 0 saturated carbocycles. The minimum absolute atomic E-state index is 0.521. The molecule has 0 aliphatic rings. The Balaban J connectivity index is 1.86. The van der Waals surface area contributed by atoms with Gasteiger partial charge in [0.25, 0.3) is 0 Å². The van der Waals surface area contributed by atoms with Crippen molar-refractivity contribution in [2.24, 2.45) is 0 Å². The molecule has 0 spiro atoms. The van der Waals surface area contributed by atoms with Gasteiger partial charge in [-0.1, -0.05) is 0 Å². The summed E-state index contributed by atoms with van der Waals surface area (Å²) in [4.78, 5) is 12.6. The minimum atomic E-state index is 0.521. The molecule has 0 saturated heterocycles. The van der Waals surface area contributed by atoms with Crippen LogP contribution in [0.5, 0.6) is 0 Å². The number of fused-ring (bicyclic) bond motifs is 1. The van der Waals surface area contributed by atoms with E-state index in [4.69, 9.17) is 5.73 Å². The fraction of sp³-hybridized carbons (Fsp3) is 0.0833. The van der Waals surface area contributed by atoms with Crippen LogP contribution in [-0.4, -0.2) is 15.0 Å². The van der Waals surface area contributed by atoms with Crippen molar-refractivity contribution >= 4 is 49.1 Å². The van der Waals surface area contributed by atoms with Crippen molar-refractivity contribution in [2.45, 2.75) is 6.54 Å². The van der Waals surface area contributed by atoms with Gasteiger partial charge in [0, 0.05) is 22.8 Å². The molecule has 0 radical (unpaired) electrons. The maximum Gasteiger partial charge on any atom is 0.147 e. The van der Waals surface area contributed by atoms with Gasteiger partial charge < -0.3 is 11.1 Å². The number of nitrogens with one attached hydrogen (secondary N) is 1. The third-order valence-electron chi connectivity index (χ3n) is 2.66. The summed E-state index contributed by atoms with van der Waals surface area (Å²) < 4.78 is 1.95. The first-order valence-corrected chi connectivity index (χ1v) is 7.23. The second-order valence-corrected chi connectivity index (χ2v) is 5.74. The summed E-state index contributed by atoms with van der Waals surface area (Å²) in [5, 5.41) is 5.28. The average Bonchev–Trinajstić information content (AvgIpc) is 2.88. The third-order valence-corrected chi connectivity index (χ3v) is 4.00. The monoisotopic (exact) mass is 335 g/mol. The van der Waals surface area contributed by atoms with Crippen LogP contribution in [0.25, 0.3) is 10.2 Å².